The molecule has 0 bridgehead atoms. The molecule has 1 aromatic carbocycles. The van der Waals surface area contributed by atoms with Crippen LogP contribution in [0.1, 0.15) is 30.9 Å². The van der Waals surface area contributed by atoms with E-state index in [2.05, 4.69) is 48.1 Å². The molecule has 0 spiro atoms. The van der Waals surface area contributed by atoms with Crippen molar-refractivity contribution in [2.24, 2.45) is 10.7 Å². The predicted octanol–water partition coefficient (Wildman–Crippen LogP) is 2.51. The second kappa shape index (κ2) is 6.75. The molecule has 1 aliphatic heterocycles. The normalized spacial score (nSPS) is 20.4. The van der Waals surface area contributed by atoms with Gasteiger partial charge in [0.05, 0.1) is 6.54 Å². The molecule has 0 aliphatic carbocycles. The minimum absolute atomic E-state index is 0.510. The van der Waals surface area contributed by atoms with Gasteiger partial charge >= 0.3 is 0 Å². The van der Waals surface area contributed by atoms with Gasteiger partial charge in [-0.3, -0.25) is 9.89 Å². The van der Waals surface area contributed by atoms with Crippen molar-refractivity contribution in [1.29, 1.82) is 0 Å². The summed E-state index contributed by atoms with van der Waals surface area (Å²) in [5.74, 6) is 0.510. The highest BCUT2D eigenvalue weighted by atomic mass is 15.2. The van der Waals surface area contributed by atoms with Crippen LogP contribution >= 0.6 is 0 Å². The number of nitrogens with one attached hydrogen (secondary N) is 1. The number of nitrogens with two attached hydrogens (primary N) is 1. The van der Waals surface area contributed by atoms with Gasteiger partial charge in [0.15, 0.2) is 5.96 Å². The minimum atomic E-state index is 0.510. The fourth-order valence-corrected chi connectivity index (χ4v) is 2.73. The smallest absolute Gasteiger partial charge is 0.193 e. The lowest BCUT2D eigenvalue weighted by molar-refractivity contribution is 0.273. The van der Waals surface area contributed by atoms with Crippen molar-refractivity contribution in [3.63, 3.8) is 0 Å². The summed E-state index contributed by atoms with van der Waals surface area (Å²) in [4.78, 5) is 6.97. The van der Waals surface area contributed by atoms with E-state index < -0.39 is 0 Å². The zero-order valence-electron chi connectivity index (χ0n) is 12.8. The van der Waals surface area contributed by atoms with Crippen molar-refractivity contribution >= 4 is 11.6 Å². The van der Waals surface area contributed by atoms with Gasteiger partial charge in [0, 0.05) is 11.7 Å². The summed E-state index contributed by atoms with van der Waals surface area (Å²) in [6.07, 6.45) is 2.51. The van der Waals surface area contributed by atoms with E-state index in [1.165, 1.54) is 30.5 Å². The van der Waals surface area contributed by atoms with E-state index >= 15 is 0 Å². The van der Waals surface area contributed by atoms with Gasteiger partial charge in [0.1, 0.15) is 0 Å². The first-order valence-corrected chi connectivity index (χ1v) is 7.48. The number of aryl methyl sites for hydroxylation is 2. The highest BCUT2D eigenvalue weighted by Crippen LogP contribution is 2.17. The molecule has 4 nitrogen and oxygen atoms in total. The average Bonchev–Trinajstić information content (AvgIpc) is 2.88. The Hall–Kier alpha value is -1.55. The van der Waals surface area contributed by atoms with Gasteiger partial charge in [0.25, 0.3) is 0 Å². The molecule has 20 heavy (non-hydrogen) atoms. The summed E-state index contributed by atoms with van der Waals surface area (Å²) in [5, 5.41) is 3.18. The summed E-state index contributed by atoms with van der Waals surface area (Å²) in [6, 6.07) is 6.80. The number of hydrogen-bond acceptors (Lipinski definition) is 2. The maximum atomic E-state index is 5.98. The molecule has 1 unspecified atom stereocenters. The van der Waals surface area contributed by atoms with Crippen LogP contribution in [0.15, 0.2) is 23.2 Å². The molecule has 1 heterocycles. The number of benzene rings is 1. The van der Waals surface area contributed by atoms with Crippen molar-refractivity contribution in [2.75, 3.05) is 25.0 Å². The summed E-state index contributed by atoms with van der Waals surface area (Å²) >= 11 is 0. The van der Waals surface area contributed by atoms with E-state index in [0.717, 1.165) is 18.8 Å². The van der Waals surface area contributed by atoms with Crippen LogP contribution in [0.2, 0.25) is 0 Å². The highest BCUT2D eigenvalue weighted by Gasteiger charge is 2.22. The van der Waals surface area contributed by atoms with Crippen LogP contribution in [0.4, 0.5) is 5.69 Å². The van der Waals surface area contributed by atoms with Crippen molar-refractivity contribution in [3.05, 3.63) is 29.3 Å². The first kappa shape index (κ1) is 14.9. The van der Waals surface area contributed by atoms with Crippen LogP contribution in [-0.2, 0) is 0 Å². The van der Waals surface area contributed by atoms with Gasteiger partial charge in [-0.25, -0.2) is 0 Å². The van der Waals surface area contributed by atoms with Crippen LogP contribution in [-0.4, -0.2) is 36.5 Å². The fourth-order valence-electron chi connectivity index (χ4n) is 2.73. The number of nitrogens with zero attached hydrogens (tertiary/aromatic N) is 2. The SMILES string of the molecule is CCN1CCCC1CN=C(N)Nc1ccc(C)c(C)c1. The molecule has 1 saturated heterocycles. The fraction of sp³-hybridized carbons (Fsp3) is 0.562. The maximum absolute atomic E-state index is 5.98. The Labute approximate surface area is 122 Å². The molecule has 0 radical (unpaired) electrons. The topological polar surface area (TPSA) is 53.6 Å². The largest absolute Gasteiger partial charge is 0.370 e. The number of rotatable bonds is 4. The van der Waals surface area contributed by atoms with E-state index in [1.54, 1.807) is 0 Å². The lowest BCUT2D eigenvalue weighted by Crippen LogP contribution is -2.33. The van der Waals surface area contributed by atoms with E-state index in [9.17, 15) is 0 Å². The van der Waals surface area contributed by atoms with Crippen LogP contribution in [0.3, 0.4) is 0 Å². The Kier molecular flexibility index (Phi) is 5.01. The van der Waals surface area contributed by atoms with Gasteiger partial charge in [-0.05, 0) is 63.0 Å². The van der Waals surface area contributed by atoms with Crippen LogP contribution in [0.25, 0.3) is 0 Å². The second-order valence-corrected chi connectivity index (χ2v) is 5.57. The third kappa shape index (κ3) is 3.73. The Morgan fingerprint density at radius 1 is 1.40 bits per heavy atom. The number of likely N-dealkylation sites (tertiary alicyclic amines) is 1. The van der Waals surface area contributed by atoms with Gasteiger partial charge in [-0.15, -0.1) is 0 Å². The van der Waals surface area contributed by atoms with Crippen LogP contribution < -0.4 is 11.1 Å². The molecule has 0 amide bonds. The first-order chi connectivity index (χ1) is 9.60. The van der Waals surface area contributed by atoms with Gasteiger partial charge < -0.3 is 11.1 Å². The molecule has 1 fully saturated rings. The molecule has 110 valence electrons. The molecule has 1 atom stereocenters. The standard InChI is InChI=1S/C16H26N4/c1-4-20-9-5-6-15(20)11-18-16(17)19-14-8-7-12(2)13(3)10-14/h7-8,10,15H,4-6,9,11H2,1-3H3,(H3,17,18,19). The van der Waals surface area contributed by atoms with Crippen LogP contribution in [0, 0.1) is 13.8 Å². The monoisotopic (exact) mass is 274 g/mol. The number of guanidine groups is 1. The molecular weight excluding hydrogens is 248 g/mol. The third-order valence-electron chi connectivity index (χ3n) is 4.16. The zero-order chi connectivity index (χ0) is 14.5. The average molecular weight is 274 g/mol. The quantitative estimate of drug-likeness (QED) is 0.655. The molecule has 0 saturated carbocycles. The predicted molar refractivity (Wildman–Crippen MR) is 86.3 cm³/mol. The molecule has 0 aromatic heterocycles. The Balaban J connectivity index is 1.92. The van der Waals surface area contributed by atoms with E-state index in [4.69, 9.17) is 5.73 Å². The molecule has 1 aliphatic rings. The van der Waals surface area contributed by atoms with E-state index in [-0.39, 0.29) is 0 Å². The summed E-state index contributed by atoms with van der Waals surface area (Å²) in [6.45, 7) is 9.50. The minimum Gasteiger partial charge on any atom is -0.370 e. The van der Waals surface area contributed by atoms with Crippen molar-refractivity contribution < 1.29 is 0 Å². The summed E-state index contributed by atoms with van der Waals surface area (Å²) < 4.78 is 0. The van der Waals surface area contributed by atoms with Gasteiger partial charge in [-0.2, -0.15) is 0 Å². The lowest BCUT2D eigenvalue weighted by Gasteiger charge is -2.21. The summed E-state index contributed by atoms with van der Waals surface area (Å²) in [7, 11) is 0. The Morgan fingerprint density at radius 3 is 2.90 bits per heavy atom. The Morgan fingerprint density at radius 2 is 2.20 bits per heavy atom. The van der Waals surface area contributed by atoms with Crippen molar-refractivity contribution in [2.45, 2.75) is 39.7 Å². The second-order valence-electron chi connectivity index (χ2n) is 5.57. The molecular formula is C16H26N4. The number of hydrogen-bond donors (Lipinski definition) is 2. The van der Waals surface area contributed by atoms with Gasteiger partial charge in [-0.1, -0.05) is 13.0 Å². The van der Waals surface area contributed by atoms with Crippen molar-refractivity contribution in [3.8, 4) is 0 Å². The van der Waals surface area contributed by atoms with E-state index in [1.807, 2.05) is 6.07 Å². The number of aliphatic imine (C=N–C) groups is 1. The third-order valence-corrected chi connectivity index (χ3v) is 4.16. The van der Waals surface area contributed by atoms with Crippen LogP contribution in [0.5, 0.6) is 0 Å². The first-order valence-electron chi connectivity index (χ1n) is 7.48. The summed E-state index contributed by atoms with van der Waals surface area (Å²) in [5.41, 5.74) is 9.53. The van der Waals surface area contributed by atoms with Gasteiger partial charge in [0.2, 0.25) is 0 Å². The van der Waals surface area contributed by atoms with Crippen molar-refractivity contribution in [1.82, 2.24) is 4.90 Å². The number of likely N-dealkylation sites (N-methyl/N-ethyl adjacent to an activating group) is 1. The molecule has 3 N–H and O–H groups in total. The molecule has 1 aromatic rings. The highest BCUT2D eigenvalue weighted by molar-refractivity contribution is 5.92. The maximum Gasteiger partial charge on any atom is 0.193 e. The Bertz CT molecular complexity index is 481. The number of anilines is 1. The van der Waals surface area contributed by atoms with E-state index in [0.29, 0.717) is 12.0 Å². The molecule has 2 rings (SSSR count). The zero-order valence-corrected chi connectivity index (χ0v) is 12.8. The molecule has 4 heteroatoms. The lowest BCUT2D eigenvalue weighted by atomic mass is 10.1.